The van der Waals surface area contributed by atoms with Gasteiger partial charge in [-0.25, -0.2) is 4.79 Å². The smallest absolute Gasteiger partial charge is 0.330 e. The Balaban J connectivity index is 3.86. The zero-order valence-electron chi connectivity index (χ0n) is 9.54. The van der Waals surface area contributed by atoms with Crippen LogP contribution in [0.25, 0.3) is 0 Å². The minimum absolute atomic E-state index is 0.242. The molecule has 0 aromatic rings. The molecule has 0 bridgehead atoms. The third-order valence-corrected chi connectivity index (χ3v) is 1.68. The van der Waals surface area contributed by atoms with E-state index in [-0.39, 0.29) is 11.9 Å². The fourth-order valence-electron chi connectivity index (χ4n) is 0.990. The van der Waals surface area contributed by atoms with Crippen LogP contribution in [-0.2, 0) is 19.1 Å². The van der Waals surface area contributed by atoms with Gasteiger partial charge in [0.25, 0.3) is 0 Å². The Kier molecular flexibility index (Phi) is 7.32. The second-order valence-electron chi connectivity index (χ2n) is 3.05. The van der Waals surface area contributed by atoms with Crippen molar-refractivity contribution in [1.82, 2.24) is 0 Å². The summed E-state index contributed by atoms with van der Waals surface area (Å²) in [6.45, 7) is 6.05. The fourth-order valence-corrected chi connectivity index (χ4v) is 0.990. The first kappa shape index (κ1) is 13.7. The van der Waals surface area contributed by atoms with Gasteiger partial charge in [-0.2, -0.15) is 0 Å². The maximum Gasteiger partial charge on any atom is 0.330 e. The van der Waals surface area contributed by atoms with Crippen molar-refractivity contribution < 1.29 is 19.1 Å². The molecule has 0 radical (unpaired) electrons. The van der Waals surface area contributed by atoms with E-state index in [0.29, 0.717) is 26.1 Å². The van der Waals surface area contributed by atoms with Crippen molar-refractivity contribution in [3.05, 3.63) is 11.6 Å². The highest BCUT2D eigenvalue weighted by Gasteiger charge is 2.03. The number of hydrogen-bond acceptors (Lipinski definition) is 4. The van der Waals surface area contributed by atoms with Gasteiger partial charge in [-0.1, -0.05) is 5.57 Å². The number of rotatable bonds is 6. The number of carbonyl (C=O) groups is 2. The highest BCUT2D eigenvalue weighted by Crippen LogP contribution is 2.05. The first-order chi connectivity index (χ1) is 7.10. The first-order valence-electron chi connectivity index (χ1n) is 5.09. The predicted molar refractivity (Wildman–Crippen MR) is 56.3 cm³/mol. The van der Waals surface area contributed by atoms with Gasteiger partial charge in [0.1, 0.15) is 0 Å². The quantitative estimate of drug-likeness (QED) is 0.500. The number of allylic oxidation sites excluding steroid dienone is 1. The summed E-state index contributed by atoms with van der Waals surface area (Å²) in [6, 6.07) is 0. The van der Waals surface area contributed by atoms with Crippen molar-refractivity contribution in [2.45, 2.75) is 33.6 Å². The van der Waals surface area contributed by atoms with E-state index in [4.69, 9.17) is 9.47 Å². The summed E-state index contributed by atoms with van der Waals surface area (Å²) in [4.78, 5) is 22.0. The van der Waals surface area contributed by atoms with Crippen molar-refractivity contribution in [2.75, 3.05) is 13.2 Å². The molecular weight excluding hydrogens is 196 g/mol. The molecule has 0 N–H and O–H groups in total. The van der Waals surface area contributed by atoms with Gasteiger partial charge in [0.2, 0.25) is 0 Å². The molecule has 15 heavy (non-hydrogen) atoms. The highest BCUT2D eigenvalue weighted by molar-refractivity contribution is 5.82. The zero-order chi connectivity index (χ0) is 11.7. The molecule has 0 saturated heterocycles. The summed E-state index contributed by atoms with van der Waals surface area (Å²) in [5.41, 5.74) is 0.821. The van der Waals surface area contributed by atoms with E-state index in [1.807, 2.05) is 0 Å². The van der Waals surface area contributed by atoms with E-state index in [0.717, 1.165) is 5.57 Å². The van der Waals surface area contributed by atoms with E-state index < -0.39 is 0 Å². The highest BCUT2D eigenvalue weighted by atomic mass is 16.5. The molecule has 0 rings (SSSR count). The monoisotopic (exact) mass is 214 g/mol. The molecule has 0 amide bonds. The zero-order valence-corrected chi connectivity index (χ0v) is 9.54. The van der Waals surface area contributed by atoms with Crippen molar-refractivity contribution in [1.29, 1.82) is 0 Å². The number of hydrogen-bond donors (Lipinski definition) is 0. The summed E-state index contributed by atoms with van der Waals surface area (Å²) < 4.78 is 9.50. The van der Waals surface area contributed by atoms with Crippen LogP contribution in [0.5, 0.6) is 0 Å². The van der Waals surface area contributed by atoms with Crippen LogP contribution >= 0.6 is 0 Å². The third-order valence-electron chi connectivity index (χ3n) is 1.68. The molecule has 0 aromatic heterocycles. The largest absolute Gasteiger partial charge is 0.466 e. The van der Waals surface area contributed by atoms with Crippen molar-refractivity contribution in [2.24, 2.45) is 0 Å². The topological polar surface area (TPSA) is 52.6 Å². The normalized spacial score (nSPS) is 11.0. The van der Waals surface area contributed by atoms with Crippen LogP contribution in [0.3, 0.4) is 0 Å². The van der Waals surface area contributed by atoms with Gasteiger partial charge >= 0.3 is 11.9 Å². The maximum absolute atomic E-state index is 11.0. The van der Waals surface area contributed by atoms with E-state index in [9.17, 15) is 9.59 Å². The second-order valence-corrected chi connectivity index (χ2v) is 3.05. The molecule has 0 saturated carbocycles. The van der Waals surface area contributed by atoms with Gasteiger partial charge in [-0.05, 0) is 27.2 Å². The molecule has 0 spiro atoms. The van der Waals surface area contributed by atoms with Crippen molar-refractivity contribution >= 4 is 11.9 Å². The van der Waals surface area contributed by atoms with E-state index in [2.05, 4.69) is 0 Å². The summed E-state index contributed by atoms with van der Waals surface area (Å²) >= 11 is 0. The Morgan fingerprint density at radius 1 is 1.07 bits per heavy atom. The molecule has 0 aromatic carbocycles. The summed E-state index contributed by atoms with van der Waals surface area (Å²) in [5, 5.41) is 0. The molecule has 86 valence electrons. The Labute approximate surface area is 90.2 Å². The molecule has 4 nitrogen and oxygen atoms in total. The van der Waals surface area contributed by atoms with E-state index >= 15 is 0 Å². The summed E-state index contributed by atoms with van der Waals surface area (Å²) in [6.07, 6.45) is 2.23. The second kappa shape index (κ2) is 8.03. The van der Waals surface area contributed by atoms with Gasteiger partial charge in [0, 0.05) is 12.5 Å². The van der Waals surface area contributed by atoms with Crippen LogP contribution in [0.1, 0.15) is 33.6 Å². The molecule has 0 heterocycles. The average Bonchev–Trinajstić information content (AvgIpc) is 2.15. The summed E-state index contributed by atoms with van der Waals surface area (Å²) in [7, 11) is 0. The Morgan fingerprint density at radius 3 is 2.20 bits per heavy atom. The third kappa shape index (κ3) is 7.73. The fraction of sp³-hybridized carbons (Fsp3) is 0.636. The average molecular weight is 214 g/mol. The SMILES string of the molecule is CCOC(=O)C=C(C)CCC(=O)OCC. The predicted octanol–water partition coefficient (Wildman–Crippen LogP) is 1.84. The van der Waals surface area contributed by atoms with Crippen molar-refractivity contribution in [3.63, 3.8) is 0 Å². The van der Waals surface area contributed by atoms with Crippen LogP contribution in [0.15, 0.2) is 11.6 Å². The minimum atomic E-state index is -0.362. The summed E-state index contributed by atoms with van der Waals surface area (Å²) in [5.74, 6) is -0.604. The van der Waals surface area contributed by atoms with Crippen LogP contribution in [-0.4, -0.2) is 25.2 Å². The molecular formula is C11H18O4. The molecule has 0 aliphatic rings. The Bertz CT molecular complexity index is 243. The first-order valence-corrected chi connectivity index (χ1v) is 5.09. The molecule has 0 aliphatic heterocycles. The van der Waals surface area contributed by atoms with Crippen LogP contribution in [0.4, 0.5) is 0 Å². The van der Waals surface area contributed by atoms with E-state index in [1.54, 1.807) is 20.8 Å². The Hall–Kier alpha value is -1.32. The Morgan fingerprint density at radius 2 is 1.67 bits per heavy atom. The van der Waals surface area contributed by atoms with Gasteiger partial charge in [0.05, 0.1) is 13.2 Å². The van der Waals surface area contributed by atoms with Crippen molar-refractivity contribution in [3.8, 4) is 0 Å². The van der Waals surface area contributed by atoms with E-state index in [1.165, 1.54) is 6.08 Å². The van der Waals surface area contributed by atoms with Crippen LogP contribution in [0.2, 0.25) is 0 Å². The van der Waals surface area contributed by atoms with Crippen LogP contribution < -0.4 is 0 Å². The van der Waals surface area contributed by atoms with Gasteiger partial charge in [-0.3, -0.25) is 4.79 Å². The van der Waals surface area contributed by atoms with Gasteiger partial charge in [-0.15, -0.1) is 0 Å². The molecule has 0 unspecified atom stereocenters. The van der Waals surface area contributed by atoms with Crippen LogP contribution in [0, 0.1) is 0 Å². The lowest BCUT2D eigenvalue weighted by molar-refractivity contribution is -0.143. The lowest BCUT2D eigenvalue weighted by atomic mass is 10.1. The standard InChI is InChI=1S/C11H18O4/c1-4-14-10(12)7-6-9(3)8-11(13)15-5-2/h8H,4-7H2,1-3H3. The lowest BCUT2D eigenvalue weighted by Gasteiger charge is -2.02. The van der Waals surface area contributed by atoms with Gasteiger partial charge in [0.15, 0.2) is 0 Å². The molecule has 4 heteroatoms. The number of esters is 2. The van der Waals surface area contributed by atoms with Gasteiger partial charge < -0.3 is 9.47 Å². The number of carbonyl (C=O) groups excluding carboxylic acids is 2. The minimum Gasteiger partial charge on any atom is -0.466 e. The molecule has 0 atom stereocenters. The molecule has 0 fully saturated rings. The molecule has 0 aliphatic carbocycles. The maximum atomic E-state index is 11.0. The number of ether oxygens (including phenoxy) is 2. The lowest BCUT2D eigenvalue weighted by Crippen LogP contribution is -2.04.